The van der Waals surface area contributed by atoms with E-state index < -0.39 is 5.91 Å². The summed E-state index contributed by atoms with van der Waals surface area (Å²) in [5.74, 6) is 0.208. The van der Waals surface area contributed by atoms with Crippen LogP contribution in [0.4, 0.5) is 5.82 Å². The Labute approximate surface area is 154 Å². The molecule has 1 atom stereocenters. The maximum absolute atomic E-state index is 11.6. The lowest BCUT2D eigenvalue weighted by Crippen LogP contribution is -2.37. The Morgan fingerprint density at radius 2 is 1.92 bits per heavy atom. The fourth-order valence-corrected chi connectivity index (χ4v) is 3.46. The van der Waals surface area contributed by atoms with Crippen molar-refractivity contribution in [2.75, 3.05) is 37.6 Å². The Morgan fingerprint density at radius 3 is 2.69 bits per heavy atom. The van der Waals surface area contributed by atoms with Crippen LogP contribution in [-0.4, -0.2) is 59.7 Å². The molecule has 1 fully saturated rings. The summed E-state index contributed by atoms with van der Waals surface area (Å²) >= 11 is 0. The number of aromatic nitrogens is 1. The maximum atomic E-state index is 11.6. The topological polar surface area (TPSA) is 82.7 Å². The molecule has 6 heteroatoms. The van der Waals surface area contributed by atoms with Crippen LogP contribution in [0.5, 0.6) is 0 Å². The standard InChI is InChI=1S/C20H26N4O2/c21-19(26)18-8-4-9-22-20(18)24-11-5-10-23(12-13-24)15-17(25)14-16-6-2-1-3-7-16/h1-4,6-9,17,25H,5,10-15H2,(H2,21,26). The molecule has 2 heterocycles. The summed E-state index contributed by atoms with van der Waals surface area (Å²) in [6.45, 7) is 3.97. The molecule has 3 rings (SSSR count). The van der Waals surface area contributed by atoms with Crippen LogP contribution < -0.4 is 10.6 Å². The first-order valence-corrected chi connectivity index (χ1v) is 9.07. The van der Waals surface area contributed by atoms with Gasteiger partial charge in [-0.15, -0.1) is 0 Å². The Kier molecular flexibility index (Phi) is 6.20. The van der Waals surface area contributed by atoms with E-state index in [9.17, 15) is 9.90 Å². The molecule has 1 aliphatic rings. The van der Waals surface area contributed by atoms with Gasteiger partial charge in [0.25, 0.3) is 5.91 Å². The van der Waals surface area contributed by atoms with Crippen LogP contribution in [0.25, 0.3) is 0 Å². The van der Waals surface area contributed by atoms with Gasteiger partial charge in [0.15, 0.2) is 0 Å². The van der Waals surface area contributed by atoms with Crippen molar-refractivity contribution in [2.24, 2.45) is 5.73 Å². The molecule has 26 heavy (non-hydrogen) atoms. The van der Waals surface area contributed by atoms with Gasteiger partial charge >= 0.3 is 0 Å². The van der Waals surface area contributed by atoms with E-state index >= 15 is 0 Å². The summed E-state index contributed by atoms with van der Waals surface area (Å²) in [6.07, 6.45) is 2.91. The number of aliphatic hydroxyl groups excluding tert-OH is 1. The lowest BCUT2D eigenvalue weighted by Gasteiger charge is -2.25. The second-order valence-electron chi connectivity index (χ2n) is 6.72. The van der Waals surface area contributed by atoms with Gasteiger partial charge in [0, 0.05) is 32.4 Å². The van der Waals surface area contributed by atoms with Gasteiger partial charge in [-0.1, -0.05) is 30.3 Å². The molecule has 1 unspecified atom stereocenters. The van der Waals surface area contributed by atoms with Gasteiger partial charge < -0.3 is 15.7 Å². The first kappa shape index (κ1) is 18.4. The molecule has 1 aromatic carbocycles. The highest BCUT2D eigenvalue weighted by atomic mass is 16.3. The third-order valence-corrected chi connectivity index (χ3v) is 4.72. The first-order valence-electron chi connectivity index (χ1n) is 9.07. The van der Waals surface area contributed by atoms with Crippen LogP contribution in [0.15, 0.2) is 48.7 Å². The van der Waals surface area contributed by atoms with Crippen LogP contribution in [0.1, 0.15) is 22.3 Å². The number of carbonyl (C=O) groups excluding carboxylic acids is 1. The zero-order valence-electron chi connectivity index (χ0n) is 14.9. The van der Waals surface area contributed by atoms with Crippen LogP contribution >= 0.6 is 0 Å². The summed E-state index contributed by atoms with van der Waals surface area (Å²) in [5, 5.41) is 10.4. The molecule has 1 aromatic heterocycles. The summed E-state index contributed by atoms with van der Waals surface area (Å²) in [7, 11) is 0. The third-order valence-electron chi connectivity index (χ3n) is 4.72. The number of β-amino-alcohol motifs (C(OH)–C–C–N with tert-alkyl or cyclic N) is 1. The second kappa shape index (κ2) is 8.78. The summed E-state index contributed by atoms with van der Waals surface area (Å²) in [4.78, 5) is 20.4. The SMILES string of the molecule is NC(=O)c1cccnc1N1CCCN(CC(O)Cc2ccccc2)CC1. The molecule has 2 aromatic rings. The molecule has 1 amide bonds. The number of primary amides is 1. The minimum absolute atomic E-state index is 0.389. The molecule has 0 aliphatic carbocycles. The molecular formula is C20H26N4O2. The number of nitrogens with two attached hydrogens (primary N) is 1. The van der Waals surface area contributed by atoms with Crippen molar-refractivity contribution in [3.8, 4) is 0 Å². The van der Waals surface area contributed by atoms with Crippen LogP contribution in [-0.2, 0) is 6.42 Å². The van der Waals surface area contributed by atoms with Crippen molar-refractivity contribution in [1.29, 1.82) is 0 Å². The third kappa shape index (κ3) is 4.80. The fourth-order valence-electron chi connectivity index (χ4n) is 3.46. The number of pyridine rings is 1. The highest BCUT2D eigenvalue weighted by Gasteiger charge is 2.21. The minimum atomic E-state index is -0.451. The van der Waals surface area contributed by atoms with Crippen LogP contribution in [0.2, 0.25) is 0 Å². The van der Waals surface area contributed by atoms with Crippen molar-refractivity contribution in [2.45, 2.75) is 18.9 Å². The van der Waals surface area contributed by atoms with E-state index in [1.165, 1.54) is 0 Å². The Bertz CT molecular complexity index is 723. The molecule has 6 nitrogen and oxygen atoms in total. The number of hydrogen-bond donors (Lipinski definition) is 2. The number of carbonyl (C=O) groups is 1. The highest BCUT2D eigenvalue weighted by Crippen LogP contribution is 2.19. The van der Waals surface area contributed by atoms with E-state index in [1.807, 2.05) is 30.3 Å². The van der Waals surface area contributed by atoms with Gasteiger partial charge in [-0.2, -0.15) is 0 Å². The maximum Gasteiger partial charge on any atom is 0.252 e. The van der Waals surface area contributed by atoms with E-state index in [1.54, 1.807) is 18.3 Å². The molecule has 3 N–H and O–H groups in total. The quantitative estimate of drug-likeness (QED) is 0.817. The van der Waals surface area contributed by atoms with Crippen LogP contribution in [0, 0.1) is 0 Å². The molecule has 0 radical (unpaired) electrons. The van der Waals surface area contributed by atoms with E-state index in [0.717, 1.165) is 38.2 Å². The second-order valence-corrected chi connectivity index (χ2v) is 6.72. The van der Waals surface area contributed by atoms with E-state index in [2.05, 4.69) is 14.8 Å². The van der Waals surface area contributed by atoms with Gasteiger partial charge in [0.1, 0.15) is 5.82 Å². The van der Waals surface area contributed by atoms with Crippen molar-refractivity contribution in [3.63, 3.8) is 0 Å². The molecule has 0 spiro atoms. The number of hydrogen-bond acceptors (Lipinski definition) is 5. The number of nitrogens with zero attached hydrogens (tertiary/aromatic N) is 3. The Hall–Kier alpha value is -2.44. The van der Waals surface area contributed by atoms with Gasteiger partial charge in [0.2, 0.25) is 0 Å². The average molecular weight is 354 g/mol. The number of benzene rings is 1. The normalized spacial score (nSPS) is 16.9. The largest absolute Gasteiger partial charge is 0.391 e. The smallest absolute Gasteiger partial charge is 0.252 e. The lowest BCUT2D eigenvalue weighted by atomic mass is 10.1. The molecule has 0 saturated carbocycles. The predicted molar refractivity (Wildman–Crippen MR) is 102 cm³/mol. The zero-order valence-corrected chi connectivity index (χ0v) is 14.9. The van der Waals surface area contributed by atoms with E-state index in [-0.39, 0.29) is 6.10 Å². The molecule has 138 valence electrons. The Morgan fingerprint density at radius 1 is 1.12 bits per heavy atom. The van der Waals surface area contributed by atoms with Crippen molar-refractivity contribution in [1.82, 2.24) is 9.88 Å². The van der Waals surface area contributed by atoms with E-state index in [4.69, 9.17) is 5.73 Å². The van der Waals surface area contributed by atoms with Gasteiger partial charge in [0.05, 0.1) is 11.7 Å². The van der Waals surface area contributed by atoms with Gasteiger partial charge in [-0.25, -0.2) is 4.98 Å². The predicted octanol–water partition coefficient (Wildman–Crippen LogP) is 1.30. The van der Waals surface area contributed by atoms with Crippen molar-refractivity contribution < 1.29 is 9.90 Å². The van der Waals surface area contributed by atoms with E-state index in [0.29, 0.717) is 24.3 Å². The Balaban J connectivity index is 1.58. The molecule has 0 bridgehead atoms. The molecule has 1 aliphatic heterocycles. The highest BCUT2D eigenvalue weighted by molar-refractivity contribution is 5.97. The summed E-state index contributed by atoms with van der Waals surface area (Å²) in [6, 6.07) is 13.5. The number of aliphatic hydroxyl groups is 1. The monoisotopic (exact) mass is 354 g/mol. The fraction of sp³-hybridized carbons (Fsp3) is 0.400. The van der Waals surface area contributed by atoms with Crippen molar-refractivity contribution in [3.05, 3.63) is 59.8 Å². The summed E-state index contributed by atoms with van der Waals surface area (Å²) < 4.78 is 0. The van der Waals surface area contributed by atoms with Crippen LogP contribution in [0.3, 0.4) is 0 Å². The number of amides is 1. The summed E-state index contributed by atoms with van der Waals surface area (Å²) in [5.41, 5.74) is 7.09. The zero-order chi connectivity index (χ0) is 18.4. The average Bonchev–Trinajstić information content (AvgIpc) is 2.88. The number of anilines is 1. The number of rotatable bonds is 6. The van der Waals surface area contributed by atoms with Gasteiger partial charge in [-0.3, -0.25) is 9.69 Å². The minimum Gasteiger partial charge on any atom is -0.391 e. The molecule has 1 saturated heterocycles. The first-order chi connectivity index (χ1) is 12.6. The molecular weight excluding hydrogens is 328 g/mol. The lowest BCUT2D eigenvalue weighted by molar-refractivity contribution is 0.100. The van der Waals surface area contributed by atoms with Gasteiger partial charge in [-0.05, 0) is 37.1 Å². The van der Waals surface area contributed by atoms with Crippen molar-refractivity contribution >= 4 is 11.7 Å².